The van der Waals surface area contributed by atoms with E-state index in [1.165, 1.54) is 11.8 Å². The van der Waals surface area contributed by atoms with Crippen LogP contribution in [-0.2, 0) is 52.1 Å². The van der Waals surface area contributed by atoms with Crippen molar-refractivity contribution >= 4 is 70.8 Å². The van der Waals surface area contributed by atoms with Crippen molar-refractivity contribution in [3.8, 4) is 0 Å². The molecule has 0 aromatic carbocycles. The maximum atomic E-state index is 13.6. The molecule has 3 heterocycles. The van der Waals surface area contributed by atoms with Crippen molar-refractivity contribution in [1.82, 2.24) is 26.6 Å². The largest absolute Gasteiger partial charge is 0.444 e. The number of amides is 5. The number of thioether (sulfide) groups is 1. The molecule has 1 saturated carbocycles. The van der Waals surface area contributed by atoms with Gasteiger partial charge in [0.05, 0.1) is 18.2 Å². The molecule has 0 aromatic rings. The standard InChI is InChI=1S/C51H90BrN5O22S2/c1-47(2,3)75-42(64)53-20-25-31(59)33(61)28(56-45(67)78-50(10,11)12)39(69-25)72-36-24(55-44(66)77-49(7,8)9)19-23(52)30(58)38(36)74-41-35(63)37(27(71-41)22-81-18-16-17-80)73-40-29(57-46(68)79-51(13,14)15)34(62)32(60)26(70-40)21-54-43(65)76-48(4,5)6/h23-41,58-63,80H,16-22H2,1-15H3,(H,53,64)(H,54,65)(H,55,66)(H,56,67)(H,57,68)/t23-,24+,25-,26+,27-,28-,29-,30+,31-,32-,33-,34-,35-,36-,37-,38-,39-,40?,41+/m1/s1. The van der Waals surface area contributed by atoms with Gasteiger partial charge < -0.3 is 109 Å². The number of hydrogen-bond acceptors (Lipinski definition) is 24. The third kappa shape index (κ3) is 22.8. The zero-order chi connectivity index (χ0) is 61.3. The second-order valence-corrected chi connectivity index (χ2v) is 27.9. The van der Waals surface area contributed by atoms with Crippen molar-refractivity contribution in [2.24, 2.45) is 0 Å². The number of halogens is 1. The van der Waals surface area contributed by atoms with E-state index in [4.69, 9.17) is 52.1 Å². The molecular weight excluding hydrogens is 1180 g/mol. The molecule has 470 valence electrons. The normalized spacial score (nSPS) is 34.0. The lowest BCUT2D eigenvalue weighted by molar-refractivity contribution is -0.308. The van der Waals surface area contributed by atoms with Crippen LogP contribution < -0.4 is 26.6 Å². The van der Waals surface area contributed by atoms with E-state index < -0.39 is 187 Å². The summed E-state index contributed by atoms with van der Waals surface area (Å²) in [6.45, 7) is 23.5. The van der Waals surface area contributed by atoms with Gasteiger partial charge in [-0.1, -0.05) is 15.9 Å². The first-order valence-corrected chi connectivity index (χ1v) is 29.6. The van der Waals surface area contributed by atoms with Crippen LogP contribution in [-0.4, -0.2) is 235 Å². The number of alkyl halides is 1. The Morgan fingerprint density at radius 2 is 0.864 bits per heavy atom. The minimum Gasteiger partial charge on any atom is -0.444 e. The smallest absolute Gasteiger partial charge is 0.408 e. The van der Waals surface area contributed by atoms with Crippen LogP contribution in [0.15, 0.2) is 0 Å². The van der Waals surface area contributed by atoms with Gasteiger partial charge in [0.1, 0.15) is 101 Å². The van der Waals surface area contributed by atoms with Gasteiger partial charge in [-0.25, -0.2) is 24.0 Å². The average molecular weight is 1270 g/mol. The fourth-order valence-electron chi connectivity index (χ4n) is 8.65. The minimum atomic E-state index is -1.89. The van der Waals surface area contributed by atoms with Crippen LogP contribution in [0.4, 0.5) is 24.0 Å². The summed E-state index contributed by atoms with van der Waals surface area (Å²) in [5.41, 5.74) is -4.89. The summed E-state index contributed by atoms with van der Waals surface area (Å²) in [6, 6.07) is -4.44. The molecule has 11 N–H and O–H groups in total. The number of carbonyl (C=O) groups excluding carboxylic acids is 5. The fraction of sp³-hybridized carbons (Fsp3) is 0.902. The molecule has 4 aliphatic rings. The predicted molar refractivity (Wildman–Crippen MR) is 298 cm³/mol. The van der Waals surface area contributed by atoms with Crippen molar-refractivity contribution in [2.75, 3.05) is 30.3 Å². The number of rotatable bonds is 18. The molecular formula is C51H90BrN5O22S2. The van der Waals surface area contributed by atoms with Crippen LogP contribution in [0.25, 0.3) is 0 Å². The van der Waals surface area contributed by atoms with Crippen LogP contribution in [0, 0.1) is 0 Å². The molecule has 0 radical (unpaired) electrons. The molecule has 27 nitrogen and oxygen atoms in total. The molecule has 4 fully saturated rings. The number of thiol groups is 1. The Balaban J connectivity index is 1.79. The molecule has 30 heteroatoms. The van der Waals surface area contributed by atoms with Gasteiger partial charge in [0.2, 0.25) is 0 Å². The highest BCUT2D eigenvalue weighted by Gasteiger charge is 2.57. The summed E-state index contributed by atoms with van der Waals surface area (Å²) in [6.07, 6.45) is -28.8. The number of ether oxygens (including phenoxy) is 11. The lowest BCUT2D eigenvalue weighted by atomic mass is 9.86. The van der Waals surface area contributed by atoms with Crippen molar-refractivity contribution in [3.05, 3.63) is 0 Å². The van der Waals surface area contributed by atoms with E-state index in [1.54, 1.807) is 104 Å². The Kier molecular flexibility index (Phi) is 25.6. The topological polar surface area (TPSA) is 368 Å². The van der Waals surface area contributed by atoms with Crippen LogP contribution in [0.2, 0.25) is 0 Å². The number of carbonyl (C=O) groups is 5. The maximum Gasteiger partial charge on any atom is 0.408 e. The van der Waals surface area contributed by atoms with E-state index in [9.17, 15) is 54.6 Å². The van der Waals surface area contributed by atoms with Gasteiger partial charge in [-0.3, -0.25) is 0 Å². The number of hydrogen-bond donors (Lipinski definition) is 12. The Morgan fingerprint density at radius 3 is 1.27 bits per heavy atom. The van der Waals surface area contributed by atoms with Gasteiger partial charge in [0.25, 0.3) is 0 Å². The Hall–Kier alpha value is -2.95. The first-order chi connectivity index (χ1) is 37.2. The van der Waals surface area contributed by atoms with Gasteiger partial charge in [-0.15, -0.1) is 0 Å². The zero-order valence-corrected chi connectivity index (χ0v) is 52.2. The first kappa shape index (κ1) is 70.5. The maximum absolute atomic E-state index is 13.6. The van der Waals surface area contributed by atoms with Crippen molar-refractivity contribution in [2.45, 2.75) is 260 Å². The lowest BCUT2D eigenvalue weighted by Crippen LogP contribution is -2.69. The van der Waals surface area contributed by atoms with Crippen LogP contribution in [0.3, 0.4) is 0 Å². The molecule has 5 amide bonds. The third-order valence-electron chi connectivity index (χ3n) is 12.0. The highest BCUT2D eigenvalue weighted by atomic mass is 79.9. The molecule has 0 spiro atoms. The Labute approximate surface area is 492 Å². The summed E-state index contributed by atoms with van der Waals surface area (Å²) in [5, 5.41) is 83.5. The highest BCUT2D eigenvalue weighted by molar-refractivity contribution is 9.09. The van der Waals surface area contributed by atoms with Crippen molar-refractivity contribution < 1.29 is 107 Å². The van der Waals surface area contributed by atoms with Gasteiger partial charge in [0.15, 0.2) is 18.9 Å². The van der Waals surface area contributed by atoms with E-state index in [0.717, 1.165) is 0 Å². The van der Waals surface area contributed by atoms with Gasteiger partial charge in [-0.2, -0.15) is 24.4 Å². The molecule has 0 bridgehead atoms. The summed E-state index contributed by atoms with van der Waals surface area (Å²) in [7, 11) is 0. The van der Waals surface area contributed by atoms with Crippen LogP contribution in [0.1, 0.15) is 117 Å². The van der Waals surface area contributed by atoms with Crippen molar-refractivity contribution in [3.63, 3.8) is 0 Å². The second kappa shape index (κ2) is 29.4. The molecule has 3 saturated heterocycles. The molecule has 0 aromatic heterocycles. The minimum absolute atomic E-state index is 0.0932. The van der Waals surface area contributed by atoms with E-state index in [1.807, 2.05) is 0 Å². The number of aliphatic hydroxyl groups is 6. The molecule has 3 aliphatic heterocycles. The van der Waals surface area contributed by atoms with E-state index in [2.05, 4.69) is 55.1 Å². The monoisotopic (exact) mass is 1270 g/mol. The molecule has 1 aliphatic carbocycles. The number of alkyl carbamates (subject to hydrolysis) is 5. The third-order valence-corrected chi connectivity index (χ3v) is 14.3. The SMILES string of the molecule is CC(C)(C)OC(=O)NC[C@@H]1OC(O[C@H]2[C@@H](O)[C@H](O[C@@H]3[C@@H](O)[C@H](Br)C[C@H](NC(=O)OC(C)(C)C)[C@H]3O[C@H]3O[C@H](CNC(=O)OC(C)(C)C)[C@@H](O)[C@H](O)[C@H]3NC(=O)OC(C)(C)C)O[C@@H]2CSCCCS)[C@H](NC(=O)OC(C)(C)C)[C@@H](O)[C@@H]1O. The molecule has 81 heavy (non-hydrogen) atoms. The molecule has 19 atom stereocenters. The average Bonchev–Trinajstić information content (AvgIpc) is 3.89. The van der Waals surface area contributed by atoms with Gasteiger partial charge in [0, 0.05) is 23.7 Å². The van der Waals surface area contributed by atoms with Crippen molar-refractivity contribution in [1.29, 1.82) is 0 Å². The first-order valence-electron chi connectivity index (χ1n) is 26.9. The summed E-state index contributed by atoms with van der Waals surface area (Å²) >= 11 is 9.23. The lowest BCUT2D eigenvalue weighted by Gasteiger charge is -2.48. The summed E-state index contributed by atoms with van der Waals surface area (Å²) in [4.78, 5) is 65.0. The Morgan fingerprint density at radius 1 is 0.494 bits per heavy atom. The number of aliphatic hydroxyl groups excluding tert-OH is 6. The fourth-order valence-corrected chi connectivity index (χ4v) is 10.7. The van der Waals surface area contributed by atoms with E-state index >= 15 is 0 Å². The predicted octanol–water partition coefficient (Wildman–Crippen LogP) is 2.43. The quantitative estimate of drug-likeness (QED) is 0.0406. The summed E-state index contributed by atoms with van der Waals surface area (Å²) < 4.78 is 65.9. The van der Waals surface area contributed by atoms with E-state index in [0.29, 0.717) is 17.9 Å². The highest BCUT2D eigenvalue weighted by Crippen LogP contribution is 2.38. The van der Waals surface area contributed by atoms with Crippen LogP contribution >= 0.6 is 40.3 Å². The second-order valence-electron chi connectivity index (χ2n) is 25.1. The molecule has 1 unspecified atom stereocenters. The molecule has 4 rings (SSSR count). The Bertz CT molecular complexity index is 2050. The summed E-state index contributed by atoms with van der Waals surface area (Å²) in [5.74, 6) is 1.23. The van der Waals surface area contributed by atoms with Gasteiger partial charge in [-0.05, 0) is 128 Å². The van der Waals surface area contributed by atoms with Gasteiger partial charge >= 0.3 is 30.5 Å². The zero-order valence-electron chi connectivity index (χ0n) is 48.9. The van der Waals surface area contributed by atoms with Crippen LogP contribution in [0.5, 0.6) is 0 Å². The van der Waals surface area contributed by atoms with E-state index in [-0.39, 0.29) is 12.2 Å². The number of nitrogens with one attached hydrogen (secondary N) is 5.